The van der Waals surface area contributed by atoms with Crippen molar-refractivity contribution in [3.8, 4) is 0 Å². The summed E-state index contributed by atoms with van der Waals surface area (Å²) < 4.78 is 0. The van der Waals surface area contributed by atoms with Gasteiger partial charge < -0.3 is 5.32 Å². The SMILES string of the molecule is O=C1NCCC12CCN(Cc1ccccc1)C2. The van der Waals surface area contributed by atoms with Crippen LogP contribution in [0.15, 0.2) is 30.3 Å². The van der Waals surface area contributed by atoms with Crippen molar-refractivity contribution in [1.82, 2.24) is 10.2 Å². The number of likely N-dealkylation sites (tertiary alicyclic amines) is 1. The van der Waals surface area contributed by atoms with Crippen molar-refractivity contribution in [2.24, 2.45) is 5.41 Å². The molecule has 1 atom stereocenters. The number of amides is 1. The lowest BCUT2D eigenvalue weighted by Crippen LogP contribution is -2.34. The minimum Gasteiger partial charge on any atom is -0.356 e. The Kier molecular flexibility index (Phi) is 2.63. The van der Waals surface area contributed by atoms with E-state index in [9.17, 15) is 4.79 Å². The van der Waals surface area contributed by atoms with E-state index < -0.39 is 0 Å². The molecule has 3 nitrogen and oxygen atoms in total. The van der Waals surface area contributed by atoms with Crippen LogP contribution in [0.25, 0.3) is 0 Å². The zero-order valence-corrected chi connectivity index (χ0v) is 9.98. The maximum Gasteiger partial charge on any atom is 0.227 e. The zero-order valence-electron chi connectivity index (χ0n) is 9.98. The van der Waals surface area contributed by atoms with Crippen LogP contribution in [0.4, 0.5) is 0 Å². The van der Waals surface area contributed by atoms with Gasteiger partial charge in [0, 0.05) is 19.6 Å². The van der Waals surface area contributed by atoms with Crippen LogP contribution in [0.5, 0.6) is 0 Å². The summed E-state index contributed by atoms with van der Waals surface area (Å²) in [4.78, 5) is 14.3. The predicted octanol–water partition coefficient (Wildman–Crippen LogP) is 1.40. The van der Waals surface area contributed by atoms with E-state index in [0.29, 0.717) is 0 Å². The highest BCUT2D eigenvalue weighted by molar-refractivity contribution is 5.85. The normalized spacial score (nSPS) is 28.8. The molecule has 0 bridgehead atoms. The second-order valence-corrected chi connectivity index (χ2v) is 5.23. The standard InChI is InChI=1S/C14H18N2O/c17-13-14(6-8-15-13)7-9-16(11-14)10-12-4-2-1-3-5-12/h1-5H,6-11H2,(H,15,17). The summed E-state index contributed by atoms with van der Waals surface area (Å²) in [5.74, 6) is 0.271. The number of carbonyl (C=O) groups excluding carboxylic acids is 1. The van der Waals surface area contributed by atoms with Crippen molar-refractivity contribution in [3.63, 3.8) is 0 Å². The van der Waals surface area contributed by atoms with Crippen LogP contribution in [0, 0.1) is 5.41 Å². The number of rotatable bonds is 2. The fourth-order valence-corrected chi connectivity index (χ4v) is 3.04. The molecule has 2 aliphatic heterocycles. The van der Waals surface area contributed by atoms with Gasteiger partial charge in [-0.05, 0) is 24.9 Å². The molecule has 0 aliphatic carbocycles. The number of hydrogen-bond donors (Lipinski definition) is 1. The fourth-order valence-electron chi connectivity index (χ4n) is 3.04. The first kappa shape index (κ1) is 10.8. The highest BCUT2D eigenvalue weighted by Gasteiger charge is 2.46. The summed E-state index contributed by atoms with van der Waals surface area (Å²) >= 11 is 0. The van der Waals surface area contributed by atoms with Crippen molar-refractivity contribution in [1.29, 1.82) is 0 Å². The lowest BCUT2D eigenvalue weighted by molar-refractivity contribution is -0.127. The van der Waals surface area contributed by atoms with Gasteiger partial charge in [-0.25, -0.2) is 0 Å². The summed E-state index contributed by atoms with van der Waals surface area (Å²) in [5.41, 5.74) is 1.26. The second kappa shape index (κ2) is 4.15. The third-order valence-corrected chi connectivity index (χ3v) is 4.05. The third-order valence-electron chi connectivity index (χ3n) is 4.05. The van der Waals surface area contributed by atoms with Crippen LogP contribution < -0.4 is 5.32 Å². The smallest absolute Gasteiger partial charge is 0.227 e. The summed E-state index contributed by atoms with van der Waals surface area (Å²) in [6.45, 7) is 3.80. The second-order valence-electron chi connectivity index (χ2n) is 5.23. The Bertz CT molecular complexity index is 417. The van der Waals surface area contributed by atoms with E-state index in [-0.39, 0.29) is 11.3 Å². The lowest BCUT2D eigenvalue weighted by atomic mass is 9.86. The van der Waals surface area contributed by atoms with E-state index >= 15 is 0 Å². The molecule has 1 spiro atoms. The fraction of sp³-hybridized carbons (Fsp3) is 0.500. The summed E-state index contributed by atoms with van der Waals surface area (Å²) in [6.07, 6.45) is 2.03. The van der Waals surface area contributed by atoms with E-state index in [2.05, 4.69) is 34.5 Å². The summed E-state index contributed by atoms with van der Waals surface area (Å²) in [5, 5.41) is 2.97. The third kappa shape index (κ3) is 1.95. The topological polar surface area (TPSA) is 32.3 Å². The van der Waals surface area contributed by atoms with Crippen molar-refractivity contribution >= 4 is 5.91 Å². The molecule has 1 N–H and O–H groups in total. The minimum absolute atomic E-state index is 0.0746. The van der Waals surface area contributed by atoms with Crippen molar-refractivity contribution in [2.75, 3.05) is 19.6 Å². The predicted molar refractivity (Wildman–Crippen MR) is 66.4 cm³/mol. The molecule has 2 saturated heterocycles. The molecule has 3 rings (SSSR count). The quantitative estimate of drug-likeness (QED) is 0.833. The molecule has 1 aromatic carbocycles. The Hall–Kier alpha value is -1.35. The number of hydrogen-bond acceptors (Lipinski definition) is 2. The molecule has 2 heterocycles. The lowest BCUT2D eigenvalue weighted by Gasteiger charge is -2.21. The van der Waals surface area contributed by atoms with Crippen LogP contribution in [-0.2, 0) is 11.3 Å². The van der Waals surface area contributed by atoms with Crippen LogP contribution in [0.1, 0.15) is 18.4 Å². The molecule has 90 valence electrons. The Morgan fingerprint density at radius 2 is 2.06 bits per heavy atom. The Labute approximate surface area is 102 Å². The average molecular weight is 230 g/mol. The van der Waals surface area contributed by atoms with E-state index in [1.165, 1.54) is 5.56 Å². The number of nitrogens with one attached hydrogen (secondary N) is 1. The highest BCUT2D eigenvalue weighted by Crippen LogP contribution is 2.37. The molecule has 0 saturated carbocycles. The van der Waals surface area contributed by atoms with Gasteiger partial charge in [-0.3, -0.25) is 9.69 Å². The van der Waals surface area contributed by atoms with E-state index in [1.54, 1.807) is 0 Å². The molecule has 3 heteroatoms. The van der Waals surface area contributed by atoms with Crippen LogP contribution >= 0.6 is 0 Å². The molecule has 1 aromatic rings. The van der Waals surface area contributed by atoms with Gasteiger partial charge in [-0.1, -0.05) is 30.3 Å². The molecular weight excluding hydrogens is 212 g/mol. The van der Waals surface area contributed by atoms with Gasteiger partial charge in [0.2, 0.25) is 5.91 Å². The Morgan fingerprint density at radius 1 is 1.24 bits per heavy atom. The molecule has 0 aromatic heterocycles. The number of benzene rings is 1. The largest absolute Gasteiger partial charge is 0.356 e. The van der Waals surface area contributed by atoms with Gasteiger partial charge in [0.05, 0.1) is 5.41 Å². The summed E-state index contributed by atoms with van der Waals surface area (Å²) in [6, 6.07) is 10.5. The van der Waals surface area contributed by atoms with Gasteiger partial charge >= 0.3 is 0 Å². The van der Waals surface area contributed by atoms with Gasteiger partial charge in [0.1, 0.15) is 0 Å². The molecule has 17 heavy (non-hydrogen) atoms. The highest BCUT2D eigenvalue weighted by atomic mass is 16.2. The summed E-state index contributed by atoms with van der Waals surface area (Å²) in [7, 11) is 0. The van der Waals surface area contributed by atoms with Crippen LogP contribution in [0.3, 0.4) is 0 Å². The van der Waals surface area contributed by atoms with Crippen LogP contribution in [0.2, 0.25) is 0 Å². The monoisotopic (exact) mass is 230 g/mol. The van der Waals surface area contributed by atoms with E-state index in [0.717, 1.165) is 39.0 Å². The molecule has 2 fully saturated rings. The molecule has 2 aliphatic rings. The molecule has 1 amide bonds. The van der Waals surface area contributed by atoms with Gasteiger partial charge in [-0.2, -0.15) is 0 Å². The maximum atomic E-state index is 11.9. The van der Waals surface area contributed by atoms with Gasteiger partial charge in [-0.15, -0.1) is 0 Å². The molecule has 1 unspecified atom stereocenters. The molecular formula is C14H18N2O. The van der Waals surface area contributed by atoms with Crippen molar-refractivity contribution in [2.45, 2.75) is 19.4 Å². The van der Waals surface area contributed by atoms with E-state index in [4.69, 9.17) is 0 Å². The first-order valence-corrected chi connectivity index (χ1v) is 6.33. The maximum absolute atomic E-state index is 11.9. The average Bonchev–Trinajstić information content (AvgIpc) is 2.90. The first-order chi connectivity index (χ1) is 8.28. The molecule has 0 radical (unpaired) electrons. The minimum atomic E-state index is -0.0746. The van der Waals surface area contributed by atoms with Gasteiger partial charge in [0.25, 0.3) is 0 Å². The van der Waals surface area contributed by atoms with Crippen molar-refractivity contribution < 1.29 is 4.79 Å². The number of carbonyl (C=O) groups is 1. The first-order valence-electron chi connectivity index (χ1n) is 6.33. The van der Waals surface area contributed by atoms with Crippen molar-refractivity contribution in [3.05, 3.63) is 35.9 Å². The van der Waals surface area contributed by atoms with Crippen LogP contribution in [-0.4, -0.2) is 30.4 Å². The number of nitrogens with zero attached hydrogens (tertiary/aromatic N) is 1. The zero-order chi connectivity index (χ0) is 11.7. The van der Waals surface area contributed by atoms with E-state index in [1.807, 2.05) is 6.07 Å². The van der Waals surface area contributed by atoms with Gasteiger partial charge in [0.15, 0.2) is 0 Å². The Morgan fingerprint density at radius 3 is 2.76 bits per heavy atom. The Balaban J connectivity index is 1.67.